The number of nitrogens with zero attached hydrogens (tertiary/aromatic N) is 2. The van der Waals surface area contributed by atoms with E-state index in [1.54, 1.807) is 6.92 Å². The van der Waals surface area contributed by atoms with Crippen LogP contribution in [0.25, 0.3) is 11.0 Å². The number of aryl methyl sites for hydroxylation is 1. The van der Waals surface area contributed by atoms with E-state index in [1.807, 2.05) is 38.1 Å². The quantitative estimate of drug-likeness (QED) is 0.717. The zero-order valence-corrected chi connectivity index (χ0v) is 14.8. The number of amides is 1. The van der Waals surface area contributed by atoms with Gasteiger partial charge in [0.05, 0.1) is 17.1 Å². The van der Waals surface area contributed by atoms with Crippen LogP contribution >= 0.6 is 0 Å². The number of carbonyl (C=O) groups is 2. The lowest BCUT2D eigenvalue weighted by Gasteiger charge is -2.15. The van der Waals surface area contributed by atoms with Crippen molar-refractivity contribution in [1.82, 2.24) is 14.9 Å². The summed E-state index contributed by atoms with van der Waals surface area (Å²) < 4.78 is 2.07. The maximum absolute atomic E-state index is 11.9. The van der Waals surface area contributed by atoms with E-state index < -0.39 is 0 Å². The number of carbonyl (C=O) groups excluding carboxylic acids is 2. The van der Waals surface area contributed by atoms with Crippen molar-refractivity contribution in [3.8, 4) is 0 Å². The predicted octanol–water partition coefficient (Wildman–Crippen LogP) is 3.43. The van der Waals surface area contributed by atoms with Gasteiger partial charge >= 0.3 is 0 Å². The zero-order chi connectivity index (χ0) is 17.5. The highest BCUT2D eigenvalue weighted by molar-refractivity contribution is 5.83. The molecule has 1 unspecified atom stereocenters. The number of ketones is 1. The molecule has 2 aromatic rings. The van der Waals surface area contributed by atoms with Crippen molar-refractivity contribution < 1.29 is 9.59 Å². The minimum Gasteiger partial charge on any atom is -0.356 e. The number of rotatable bonds is 9. The van der Waals surface area contributed by atoms with Gasteiger partial charge in [-0.15, -0.1) is 0 Å². The molecule has 1 heterocycles. The second-order valence-corrected chi connectivity index (χ2v) is 6.19. The molecule has 1 aromatic heterocycles. The first kappa shape index (κ1) is 18.2. The third kappa shape index (κ3) is 4.43. The van der Waals surface area contributed by atoms with Gasteiger partial charge in [0.1, 0.15) is 5.82 Å². The molecule has 1 N–H and O–H groups in total. The highest BCUT2D eigenvalue weighted by Gasteiger charge is 2.18. The monoisotopic (exact) mass is 329 g/mol. The molecular weight excluding hydrogens is 302 g/mol. The Morgan fingerprint density at radius 3 is 2.67 bits per heavy atom. The van der Waals surface area contributed by atoms with Crippen LogP contribution in [0.2, 0.25) is 0 Å². The number of aromatic nitrogens is 2. The highest BCUT2D eigenvalue weighted by Crippen LogP contribution is 2.23. The molecule has 0 bridgehead atoms. The first-order valence-corrected chi connectivity index (χ1v) is 8.77. The Labute approximate surface area is 143 Å². The summed E-state index contributed by atoms with van der Waals surface area (Å²) in [7, 11) is 0. The second-order valence-electron chi connectivity index (χ2n) is 6.19. The maximum atomic E-state index is 11.9. The van der Waals surface area contributed by atoms with Crippen LogP contribution in [-0.2, 0) is 16.0 Å². The molecule has 24 heavy (non-hydrogen) atoms. The number of nitrogens with one attached hydrogen (secondary N) is 1. The van der Waals surface area contributed by atoms with Crippen LogP contribution in [0.5, 0.6) is 0 Å². The van der Waals surface area contributed by atoms with Gasteiger partial charge in [0, 0.05) is 19.4 Å². The molecular formula is C19H27N3O2. The van der Waals surface area contributed by atoms with Gasteiger partial charge in [-0.05, 0) is 38.8 Å². The normalized spacial score (nSPS) is 12.3. The van der Waals surface area contributed by atoms with Gasteiger partial charge in [0.15, 0.2) is 5.78 Å². The van der Waals surface area contributed by atoms with Crippen LogP contribution in [0, 0.1) is 0 Å². The Morgan fingerprint density at radius 1 is 1.21 bits per heavy atom. The molecule has 0 spiro atoms. The molecule has 1 amide bonds. The molecule has 1 atom stereocenters. The fourth-order valence-corrected chi connectivity index (χ4v) is 2.82. The van der Waals surface area contributed by atoms with Crippen LogP contribution in [0.15, 0.2) is 24.3 Å². The molecule has 5 nitrogen and oxygen atoms in total. The Bertz CT molecular complexity index is 706. The average molecular weight is 329 g/mol. The SMILES string of the molecule is CCC(=O)NCCCCCc1nc2ccccc2n1C(C)C(C)=O. The standard InChI is InChI=1S/C19H27N3O2/c1-4-19(24)20-13-9-5-6-12-18-21-16-10-7-8-11-17(16)22(18)14(2)15(3)23/h7-8,10-11,14H,4-6,9,12-13H2,1-3H3,(H,20,24). The van der Waals surface area contributed by atoms with E-state index in [0.717, 1.165) is 49.1 Å². The fraction of sp³-hybridized carbons (Fsp3) is 0.526. The van der Waals surface area contributed by atoms with Crippen LogP contribution in [-0.4, -0.2) is 27.8 Å². The summed E-state index contributed by atoms with van der Waals surface area (Å²) in [6.45, 7) is 6.14. The lowest BCUT2D eigenvalue weighted by Crippen LogP contribution is -2.23. The Morgan fingerprint density at radius 2 is 1.96 bits per heavy atom. The van der Waals surface area contributed by atoms with Crippen molar-refractivity contribution in [1.29, 1.82) is 0 Å². The summed E-state index contributed by atoms with van der Waals surface area (Å²) >= 11 is 0. The summed E-state index contributed by atoms with van der Waals surface area (Å²) in [5.74, 6) is 1.21. The lowest BCUT2D eigenvalue weighted by molar-refractivity contribution is -0.121. The average Bonchev–Trinajstić information content (AvgIpc) is 2.94. The fourth-order valence-electron chi connectivity index (χ4n) is 2.82. The number of hydrogen-bond acceptors (Lipinski definition) is 3. The summed E-state index contributed by atoms with van der Waals surface area (Å²) in [4.78, 5) is 27.8. The van der Waals surface area contributed by atoms with E-state index >= 15 is 0 Å². The molecule has 2 rings (SSSR count). The third-order valence-electron chi connectivity index (χ3n) is 4.36. The number of imidazole rings is 1. The molecule has 0 saturated carbocycles. The molecule has 0 fully saturated rings. The van der Waals surface area contributed by atoms with E-state index in [0.29, 0.717) is 6.42 Å². The summed E-state index contributed by atoms with van der Waals surface area (Å²) in [5, 5.41) is 2.89. The first-order valence-electron chi connectivity index (χ1n) is 8.77. The molecule has 0 aliphatic heterocycles. The Hall–Kier alpha value is -2.17. The largest absolute Gasteiger partial charge is 0.356 e. The minimum absolute atomic E-state index is 0.104. The zero-order valence-electron chi connectivity index (χ0n) is 14.8. The molecule has 0 aliphatic rings. The second kappa shape index (κ2) is 8.62. The van der Waals surface area contributed by atoms with Crippen molar-refractivity contribution in [2.45, 2.75) is 58.9 Å². The van der Waals surface area contributed by atoms with Crippen molar-refractivity contribution in [2.24, 2.45) is 0 Å². The number of benzene rings is 1. The van der Waals surface area contributed by atoms with Crippen LogP contribution < -0.4 is 5.32 Å². The van der Waals surface area contributed by atoms with E-state index in [1.165, 1.54) is 0 Å². The number of fused-ring (bicyclic) bond motifs is 1. The van der Waals surface area contributed by atoms with Gasteiger partial charge in [-0.3, -0.25) is 9.59 Å². The van der Waals surface area contributed by atoms with Crippen LogP contribution in [0.1, 0.15) is 58.3 Å². The molecule has 1 aromatic carbocycles. The van der Waals surface area contributed by atoms with Crippen LogP contribution in [0.4, 0.5) is 0 Å². The number of hydrogen-bond donors (Lipinski definition) is 1. The minimum atomic E-state index is -0.198. The van der Waals surface area contributed by atoms with E-state index in [-0.39, 0.29) is 17.7 Å². The molecule has 0 aliphatic carbocycles. The highest BCUT2D eigenvalue weighted by atomic mass is 16.1. The van der Waals surface area contributed by atoms with Crippen molar-refractivity contribution in [2.75, 3.05) is 6.54 Å². The van der Waals surface area contributed by atoms with Gasteiger partial charge in [-0.2, -0.15) is 0 Å². The van der Waals surface area contributed by atoms with Gasteiger partial charge < -0.3 is 9.88 Å². The number of unbranched alkanes of at least 4 members (excludes halogenated alkanes) is 2. The predicted molar refractivity (Wildman–Crippen MR) is 96.0 cm³/mol. The van der Waals surface area contributed by atoms with Gasteiger partial charge in [-0.25, -0.2) is 4.98 Å². The molecule has 5 heteroatoms. The lowest BCUT2D eigenvalue weighted by atomic mass is 10.1. The van der Waals surface area contributed by atoms with Crippen molar-refractivity contribution >= 4 is 22.7 Å². The van der Waals surface area contributed by atoms with E-state index in [2.05, 4.69) is 9.88 Å². The molecule has 130 valence electrons. The summed E-state index contributed by atoms with van der Waals surface area (Å²) in [6, 6.07) is 7.76. The number of Topliss-reactive ketones (excluding diaryl/α,β-unsaturated/α-hetero) is 1. The topological polar surface area (TPSA) is 64.0 Å². The van der Waals surface area contributed by atoms with Crippen molar-refractivity contribution in [3.63, 3.8) is 0 Å². The molecule has 0 saturated heterocycles. The van der Waals surface area contributed by atoms with Gasteiger partial charge in [-0.1, -0.05) is 25.5 Å². The van der Waals surface area contributed by atoms with E-state index in [9.17, 15) is 9.59 Å². The van der Waals surface area contributed by atoms with Crippen molar-refractivity contribution in [3.05, 3.63) is 30.1 Å². The summed E-state index contributed by atoms with van der Waals surface area (Å²) in [6.07, 6.45) is 4.37. The van der Waals surface area contributed by atoms with Gasteiger partial charge in [0.25, 0.3) is 0 Å². The smallest absolute Gasteiger partial charge is 0.219 e. The summed E-state index contributed by atoms with van der Waals surface area (Å²) in [5.41, 5.74) is 1.96. The van der Waals surface area contributed by atoms with Gasteiger partial charge in [0.2, 0.25) is 5.91 Å². The first-order chi connectivity index (χ1) is 11.5. The Kier molecular flexibility index (Phi) is 6.53. The molecule has 0 radical (unpaired) electrons. The van der Waals surface area contributed by atoms with Crippen LogP contribution in [0.3, 0.4) is 0 Å². The Balaban J connectivity index is 1.99. The van der Waals surface area contributed by atoms with E-state index in [4.69, 9.17) is 4.98 Å². The maximum Gasteiger partial charge on any atom is 0.219 e. The number of para-hydroxylation sites is 2. The third-order valence-corrected chi connectivity index (χ3v) is 4.36.